The van der Waals surface area contributed by atoms with Crippen molar-refractivity contribution >= 4 is 17.6 Å². The number of nitrogens with zero attached hydrogens (tertiary/aromatic N) is 2. The summed E-state index contributed by atoms with van der Waals surface area (Å²) in [4.78, 5) is 20.2. The summed E-state index contributed by atoms with van der Waals surface area (Å²) in [7, 11) is 3.33. The number of allylic oxidation sites excluding steroid dienone is 3. The van der Waals surface area contributed by atoms with Crippen LogP contribution in [0.1, 0.15) is 71.5 Å². The van der Waals surface area contributed by atoms with Crippen molar-refractivity contribution < 1.29 is 14.3 Å². The summed E-state index contributed by atoms with van der Waals surface area (Å²) in [5.41, 5.74) is 6.12. The Kier molecular flexibility index (Phi) is 6.98. The van der Waals surface area contributed by atoms with Gasteiger partial charge in [-0.2, -0.15) is 0 Å². The fourth-order valence-electron chi connectivity index (χ4n) is 6.55. The van der Waals surface area contributed by atoms with Gasteiger partial charge in [-0.05, 0) is 67.0 Å². The van der Waals surface area contributed by atoms with Crippen molar-refractivity contribution in [2.24, 2.45) is 10.9 Å². The van der Waals surface area contributed by atoms with Gasteiger partial charge < -0.3 is 14.4 Å². The number of amides is 1. The number of fused-ring (bicyclic) bond motifs is 4. The van der Waals surface area contributed by atoms with Gasteiger partial charge in [0.1, 0.15) is 0 Å². The van der Waals surface area contributed by atoms with Crippen LogP contribution in [-0.2, 0) is 0 Å². The molecule has 7 nitrogen and oxygen atoms in total. The molecule has 2 fully saturated rings. The largest absolute Gasteiger partial charge is 0.493 e. The van der Waals surface area contributed by atoms with E-state index >= 15 is 0 Å². The monoisotopic (exact) mass is 524 g/mol. The first kappa shape index (κ1) is 25.4. The second-order valence-corrected chi connectivity index (χ2v) is 10.9. The molecule has 3 atom stereocenters. The van der Waals surface area contributed by atoms with Gasteiger partial charge in [-0.3, -0.25) is 20.5 Å². The zero-order valence-electron chi connectivity index (χ0n) is 22.7. The van der Waals surface area contributed by atoms with Gasteiger partial charge in [0.15, 0.2) is 17.5 Å². The van der Waals surface area contributed by atoms with Gasteiger partial charge in [0.25, 0.3) is 5.91 Å². The van der Waals surface area contributed by atoms with Crippen molar-refractivity contribution in [3.05, 3.63) is 82.5 Å². The summed E-state index contributed by atoms with van der Waals surface area (Å²) < 4.78 is 11.3. The summed E-state index contributed by atoms with van der Waals surface area (Å²) in [6.45, 7) is 1.48. The SMILES string of the molecule is COc1cc2c(cc1OC)[C@H]1CCCC[C@H]1N=C2c1ccc(C(=O)NC(=N)N2CCC3CC=CC=C3C2)cc1. The maximum atomic E-state index is 13.0. The minimum Gasteiger partial charge on any atom is -0.493 e. The van der Waals surface area contributed by atoms with Gasteiger partial charge in [0, 0.05) is 35.7 Å². The van der Waals surface area contributed by atoms with E-state index in [-0.39, 0.29) is 17.9 Å². The van der Waals surface area contributed by atoms with Crippen LogP contribution in [0.3, 0.4) is 0 Å². The topological polar surface area (TPSA) is 87.0 Å². The summed E-state index contributed by atoms with van der Waals surface area (Å²) in [6, 6.07) is 12.0. The maximum absolute atomic E-state index is 13.0. The number of aliphatic imine (C=N–C) groups is 1. The van der Waals surface area contributed by atoms with Gasteiger partial charge in [-0.15, -0.1) is 0 Å². The van der Waals surface area contributed by atoms with Crippen LogP contribution in [0, 0.1) is 11.3 Å². The molecule has 1 saturated carbocycles. The van der Waals surface area contributed by atoms with Crippen LogP contribution in [0.5, 0.6) is 11.5 Å². The second kappa shape index (κ2) is 10.7. The number of rotatable bonds is 4. The standard InChI is InChI=1S/C32H36N4O3/c1-38-28-17-25-24-9-5-6-10-27(24)34-30(26(25)18-29(28)39-2)21-11-13-22(14-12-21)31(37)35-32(33)36-16-15-20-7-3-4-8-23(20)19-36/h3-4,8,11-14,17-18,20,24,27H,5-7,9-10,15-16,19H2,1-2H3,(H2,33,35,37)/t20?,24-,27-/m1/s1. The molecule has 2 heterocycles. The third kappa shape index (κ3) is 4.86. The van der Waals surface area contributed by atoms with E-state index < -0.39 is 0 Å². The summed E-state index contributed by atoms with van der Waals surface area (Å²) in [5, 5.41) is 11.3. The third-order valence-electron chi connectivity index (χ3n) is 8.72. The molecular formula is C32H36N4O3. The number of carbonyl (C=O) groups is 1. The molecule has 6 rings (SSSR count). The lowest BCUT2D eigenvalue weighted by Crippen LogP contribution is -2.47. The van der Waals surface area contributed by atoms with Crippen molar-refractivity contribution in [2.45, 2.75) is 50.5 Å². The molecule has 2 aliphatic carbocycles. The van der Waals surface area contributed by atoms with E-state index in [4.69, 9.17) is 19.9 Å². The first-order chi connectivity index (χ1) is 19.1. The predicted octanol–water partition coefficient (Wildman–Crippen LogP) is 5.45. The van der Waals surface area contributed by atoms with Gasteiger partial charge in [0.2, 0.25) is 0 Å². The quantitative estimate of drug-likeness (QED) is 0.411. The Morgan fingerprint density at radius 3 is 2.62 bits per heavy atom. The summed E-state index contributed by atoms with van der Waals surface area (Å²) >= 11 is 0. The van der Waals surface area contributed by atoms with Crippen LogP contribution in [0.2, 0.25) is 0 Å². The molecule has 2 aromatic carbocycles. The number of methoxy groups -OCH3 is 2. The Morgan fingerprint density at radius 2 is 1.82 bits per heavy atom. The van der Waals surface area contributed by atoms with Gasteiger partial charge in [0.05, 0.1) is 26.0 Å². The van der Waals surface area contributed by atoms with E-state index in [1.54, 1.807) is 14.2 Å². The van der Waals surface area contributed by atoms with Crippen LogP contribution in [0.15, 0.2) is 65.2 Å². The van der Waals surface area contributed by atoms with Crippen LogP contribution in [-0.4, -0.2) is 55.8 Å². The maximum Gasteiger partial charge on any atom is 0.257 e. The van der Waals surface area contributed by atoms with Crippen LogP contribution in [0.25, 0.3) is 0 Å². The molecule has 0 aromatic heterocycles. The minimum atomic E-state index is -0.268. The molecule has 2 aromatic rings. The van der Waals surface area contributed by atoms with Crippen LogP contribution in [0.4, 0.5) is 0 Å². The fourth-order valence-corrected chi connectivity index (χ4v) is 6.55. The minimum absolute atomic E-state index is 0.160. The Balaban J connectivity index is 1.21. The predicted molar refractivity (Wildman–Crippen MR) is 153 cm³/mol. The number of carbonyl (C=O) groups excluding carboxylic acids is 1. The number of benzene rings is 2. The molecular weight excluding hydrogens is 488 g/mol. The van der Waals surface area contributed by atoms with Gasteiger partial charge in [-0.1, -0.05) is 43.2 Å². The molecule has 7 heteroatoms. The highest BCUT2D eigenvalue weighted by Gasteiger charge is 2.34. The molecule has 1 saturated heterocycles. The Hall–Kier alpha value is -3.87. The normalized spacial score (nSPS) is 23.4. The zero-order chi connectivity index (χ0) is 26.9. The molecule has 0 radical (unpaired) electrons. The van der Waals surface area contributed by atoms with E-state index in [1.807, 2.05) is 35.2 Å². The average molecular weight is 525 g/mol. The van der Waals surface area contributed by atoms with E-state index in [0.29, 0.717) is 29.7 Å². The van der Waals surface area contributed by atoms with E-state index in [1.165, 1.54) is 24.0 Å². The van der Waals surface area contributed by atoms with E-state index in [9.17, 15) is 4.79 Å². The number of guanidine groups is 1. The highest BCUT2D eigenvalue weighted by Crippen LogP contribution is 2.44. The number of piperidine rings is 1. The highest BCUT2D eigenvalue weighted by atomic mass is 16.5. The molecule has 4 aliphatic rings. The molecule has 0 spiro atoms. The summed E-state index contributed by atoms with van der Waals surface area (Å²) in [5.74, 6) is 2.29. The van der Waals surface area contributed by atoms with E-state index in [2.05, 4.69) is 29.6 Å². The molecule has 1 unspecified atom stereocenters. The first-order valence-corrected chi connectivity index (χ1v) is 14.0. The van der Waals surface area contributed by atoms with Gasteiger partial charge >= 0.3 is 0 Å². The molecule has 39 heavy (non-hydrogen) atoms. The number of likely N-dealkylation sites (tertiary alicyclic amines) is 1. The van der Waals surface area contributed by atoms with Gasteiger partial charge in [-0.25, -0.2) is 0 Å². The number of hydrogen-bond acceptors (Lipinski definition) is 5. The highest BCUT2D eigenvalue weighted by molar-refractivity contribution is 6.15. The Labute approximate surface area is 230 Å². The van der Waals surface area contributed by atoms with Crippen molar-refractivity contribution in [1.29, 1.82) is 5.41 Å². The molecule has 2 aliphatic heterocycles. The summed E-state index contributed by atoms with van der Waals surface area (Å²) in [6.07, 6.45) is 13.1. The van der Waals surface area contributed by atoms with Crippen molar-refractivity contribution in [3.8, 4) is 11.5 Å². The Morgan fingerprint density at radius 1 is 1.05 bits per heavy atom. The fraction of sp³-hybridized carbons (Fsp3) is 0.406. The molecule has 0 bridgehead atoms. The molecule has 202 valence electrons. The molecule has 1 amide bonds. The second-order valence-electron chi connectivity index (χ2n) is 10.9. The van der Waals surface area contributed by atoms with Crippen molar-refractivity contribution in [1.82, 2.24) is 10.2 Å². The Bertz CT molecular complexity index is 1370. The van der Waals surface area contributed by atoms with Crippen LogP contribution >= 0.6 is 0 Å². The average Bonchev–Trinajstić information content (AvgIpc) is 2.99. The third-order valence-corrected chi connectivity index (χ3v) is 8.72. The van der Waals surface area contributed by atoms with Crippen LogP contribution < -0.4 is 14.8 Å². The smallest absolute Gasteiger partial charge is 0.257 e. The first-order valence-electron chi connectivity index (χ1n) is 14.0. The van der Waals surface area contributed by atoms with Crippen molar-refractivity contribution in [3.63, 3.8) is 0 Å². The lowest BCUT2D eigenvalue weighted by atomic mass is 9.75. The lowest BCUT2D eigenvalue weighted by molar-refractivity contribution is 0.0971. The van der Waals surface area contributed by atoms with E-state index in [0.717, 1.165) is 54.8 Å². The number of ether oxygens (including phenoxy) is 2. The number of hydrogen-bond donors (Lipinski definition) is 2. The number of nitrogens with one attached hydrogen (secondary N) is 2. The van der Waals surface area contributed by atoms with Crippen molar-refractivity contribution in [2.75, 3.05) is 27.3 Å². The molecule has 2 N–H and O–H groups in total. The zero-order valence-corrected chi connectivity index (χ0v) is 22.7. The lowest BCUT2D eigenvalue weighted by Gasteiger charge is -2.36.